The van der Waals surface area contributed by atoms with Crippen LogP contribution in [0.3, 0.4) is 0 Å². The molecule has 0 saturated heterocycles. The van der Waals surface area contributed by atoms with Gasteiger partial charge in [0.25, 0.3) is 0 Å². The van der Waals surface area contributed by atoms with Crippen molar-refractivity contribution in [1.82, 2.24) is 0 Å². The number of hydrogen-bond acceptors (Lipinski definition) is 2. The van der Waals surface area contributed by atoms with Gasteiger partial charge in [0.1, 0.15) is 17.1 Å². The zero-order valence-corrected chi connectivity index (χ0v) is 20.4. The van der Waals surface area contributed by atoms with E-state index in [0.29, 0.717) is 22.2 Å². The summed E-state index contributed by atoms with van der Waals surface area (Å²) in [5, 5.41) is 0. The lowest BCUT2D eigenvalue weighted by atomic mass is 9.38. The SMILES string of the molecule is COc1cc(C)c2c(c1)C[C@H]1[C@]3(C)CC[C@H]4C(C)(C)CCC[C@]4(C)[C@H]3CC[C@]1(C)O2. The van der Waals surface area contributed by atoms with Crippen molar-refractivity contribution in [3.63, 3.8) is 0 Å². The summed E-state index contributed by atoms with van der Waals surface area (Å²) in [6.45, 7) is 15.0. The first-order chi connectivity index (χ1) is 14.0. The van der Waals surface area contributed by atoms with Crippen LogP contribution in [0, 0.1) is 40.9 Å². The summed E-state index contributed by atoms with van der Waals surface area (Å²) in [5.74, 6) is 4.39. The molecule has 6 atom stereocenters. The van der Waals surface area contributed by atoms with Gasteiger partial charge in [-0.2, -0.15) is 0 Å². The molecule has 1 heterocycles. The van der Waals surface area contributed by atoms with Crippen LogP contribution in [0.15, 0.2) is 12.1 Å². The highest BCUT2D eigenvalue weighted by molar-refractivity contribution is 5.49. The summed E-state index contributed by atoms with van der Waals surface area (Å²) in [7, 11) is 1.78. The van der Waals surface area contributed by atoms with Crippen LogP contribution in [-0.4, -0.2) is 12.7 Å². The Balaban J connectivity index is 1.56. The van der Waals surface area contributed by atoms with E-state index >= 15 is 0 Å². The third-order valence-electron chi connectivity index (χ3n) is 10.6. The van der Waals surface area contributed by atoms with Gasteiger partial charge in [-0.25, -0.2) is 0 Å². The molecule has 3 saturated carbocycles. The van der Waals surface area contributed by atoms with Crippen LogP contribution in [-0.2, 0) is 6.42 Å². The Bertz CT molecular complexity index is 856. The van der Waals surface area contributed by atoms with Crippen LogP contribution in [0.25, 0.3) is 0 Å². The number of aryl methyl sites for hydroxylation is 1. The van der Waals surface area contributed by atoms with Crippen LogP contribution in [0.5, 0.6) is 11.5 Å². The van der Waals surface area contributed by atoms with E-state index in [0.717, 1.165) is 29.8 Å². The molecule has 0 N–H and O–H groups in total. The van der Waals surface area contributed by atoms with Gasteiger partial charge in [0.15, 0.2) is 0 Å². The molecule has 4 aliphatic rings. The second kappa shape index (κ2) is 6.42. The van der Waals surface area contributed by atoms with Gasteiger partial charge in [-0.05, 0) is 110 Å². The average Bonchev–Trinajstić information content (AvgIpc) is 2.66. The molecule has 0 bridgehead atoms. The van der Waals surface area contributed by atoms with Crippen molar-refractivity contribution in [1.29, 1.82) is 0 Å². The van der Waals surface area contributed by atoms with Gasteiger partial charge >= 0.3 is 0 Å². The molecular formula is C28H42O2. The van der Waals surface area contributed by atoms with E-state index in [-0.39, 0.29) is 5.60 Å². The fourth-order valence-corrected chi connectivity index (χ4v) is 9.32. The summed E-state index contributed by atoms with van der Waals surface area (Å²) in [4.78, 5) is 0. The highest BCUT2D eigenvalue weighted by Gasteiger charge is 2.65. The molecule has 3 aliphatic carbocycles. The van der Waals surface area contributed by atoms with Gasteiger partial charge in [0, 0.05) is 5.92 Å². The summed E-state index contributed by atoms with van der Waals surface area (Å²) < 4.78 is 12.5. The fourth-order valence-electron chi connectivity index (χ4n) is 9.32. The fraction of sp³-hybridized carbons (Fsp3) is 0.786. The predicted octanol–water partition coefficient (Wildman–Crippen LogP) is 7.36. The van der Waals surface area contributed by atoms with Crippen molar-refractivity contribution in [3.05, 3.63) is 23.3 Å². The van der Waals surface area contributed by atoms with Crippen molar-refractivity contribution >= 4 is 0 Å². The van der Waals surface area contributed by atoms with Crippen molar-refractivity contribution in [2.24, 2.45) is 34.0 Å². The Kier molecular flexibility index (Phi) is 4.43. The lowest BCUT2D eigenvalue weighted by Gasteiger charge is -2.68. The number of rotatable bonds is 1. The van der Waals surface area contributed by atoms with E-state index in [1.54, 1.807) is 7.11 Å². The van der Waals surface area contributed by atoms with Crippen LogP contribution in [0.1, 0.15) is 90.7 Å². The van der Waals surface area contributed by atoms with E-state index in [1.807, 2.05) is 0 Å². The van der Waals surface area contributed by atoms with Gasteiger partial charge < -0.3 is 9.47 Å². The molecule has 0 unspecified atom stereocenters. The van der Waals surface area contributed by atoms with Gasteiger partial charge in [0.05, 0.1) is 7.11 Å². The Morgan fingerprint density at radius 3 is 2.30 bits per heavy atom. The summed E-state index contributed by atoms with van der Waals surface area (Å²) >= 11 is 0. The van der Waals surface area contributed by atoms with Gasteiger partial charge in [0.2, 0.25) is 0 Å². The third kappa shape index (κ3) is 2.67. The lowest BCUT2D eigenvalue weighted by Crippen LogP contribution is -2.65. The van der Waals surface area contributed by atoms with Crippen LogP contribution in [0.2, 0.25) is 0 Å². The lowest BCUT2D eigenvalue weighted by molar-refractivity contribution is -0.207. The molecule has 3 fully saturated rings. The molecular weight excluding hydrogens is 368 g/mol. The molecule has 2 nitrogen and oxygen atoms in total. The molecule has 166 valence electrons. The van der Waals surface area contributed by atoms with Crippen LogP contribution < -0.4 is 9.47 Å². The Morgan fingerprint density at radius 2 is 1.57 bits per heavy atom. The molecule has 5 rings (SSSR count). The molecule has 0 spiro atoms. The topological polar surface area (TPSA) is 18.5 Å². The maximum atomic E-state index is 6.92. The monoisotopic (exact) mass is 410 g/mol. The zero-order chi connectivity index (χ0) is 21.5. The van der Waals surface area contributed by atoms with Crippen LogP contribution in [0.4, 0.5) is 0 Å². The quantitative estimate of drug-likeness (QED) is 0.481. The van der Waals surface area contributed by atoms with Crippen molar-refractivity contribution in [2.45, 2.75) is 98.5 Å². The number of ether oxygens (including phenoxy) is 2. The number of hydrogen-bond donors (Lipinski definition) is 0. The number of methoxy groups -OCH3 is 1. The summed E-state index contributed by atoms with van der Waals surface area (Å²) in [6.07, 6.45) is 10.7. The molecule has 0 amide bonds. The minimum Gasteiger partial charge on any atom is -0.497 e. The molecule has 1 aromatic rings. The van der Waals surface area contributed by atoms with E-state index in [1.165, 1.54) is 56.1 Å². The van der Waals surface area contributed by atoms with Crippen LogP contribution >= 0.6 is 0 Å². The second-order valence-electron chi connectivity index (χ2n) is 12.6. The predicted molar refractivity (Wildman–Crippen MR) is 123 cm³/mol. The van der Waals surface area contributed by atoms with Gasteiger partial charge in [-0.1, -0.05) is 34.1 Å². The van der Waals surface area contributed by atoms with E-state index in [2.05, 4.69) is 53.7 Å². The molecule has 0 aromatic heterocycles. The molecule has 30 heavy (non-hydrogen) atoms. The summed E-state index contributed by atoms with van der Waals surface area (Å²) in [5.41, 5.74) is 3.90. The molecule has 1 aromatic carbocycles. The second-order valence-corrected chi connectivity index (χ2v) is 12.6. The number of benzene rings is 1. The molecule has 1 aliphatic heterocycles. The first-order valence-corrected chi connectivity index (χ1v) is 12.4. The van der Waals surface area contributed by atoms with E-state index < -0.39 is 0 Å². The Labute approximate surface area is 184 Å². The number of fused-ring (bicyclic) bond motifs is 6. The third-order valence-corrected chi connectivity index (χ3v) is 10.6. The average molecular weight is 411 g/mol. The normalized spacial score (nSPS) is 44.0. The first kappa shape index (κ1) is 20.7. The minimum absolute atomic E-state index is 0.0367. The standard InChI is InChI=1S/C28H42O2/c1-18-15-20(29-7)16-19-17-23-27(5)13-9-21-25(2,3)11-8-12-26(21,4)22(27)10-14-28(23,6)30-24(18)19/h15-16,21-23H,8-14,17H2,1-7H3/t21-,22+,23-,26-,27+,28-/m0/s1. The van der Waals surface area contributed by atoms with Crippen molar-refractivity contribution < 1.29 is 9.47 Å². The van der Waals surface area contributed by atoms with E-state index in [4.69, 9.17) is 9.47 Å². The zero-order valence-electron chi connectivity index (χ0n) is 20.4. The Morgan fingerprint density at radius 1 is 0.867 bits per heavy atom. The highest BCUT2D eigenvalue weighted by Crippen LogP contribution is 2.70. The van der Waals surface area contributed by atoms with E-state index in [9.17, 15) is 0 Å². The maximum Gasteiger partial charge on any atom is 0.126 e. The Hall–Kier alpha value is -1.18. The van der Waals surface area contributed by atoms with Gasteiger partial charge in [-0.3, -0.25) is 0 Å². The maximum absolute atomic E-state index is 6.92. The highest BCUT2D eigenvalue weighted by atomic mass is 16.5. The minimum atomic E-state index is -0.0367. The largest absolute Gasteiger partial charge is 0.497 e. The summed E-state index contributed by atoms with van der Waals surface area (Å²) in [6, 6.07) is 4.37. The molecule has 0 radical (unpaired) electrons. The van der Waals surface area contributed by atoms with Crippen molar-refractivity contribution in [3.8, 4) is 11.5 Å². The molecule has 2 heteroatoms. The first-order valence-electron chi connectivity index (χ1n) is 12.4. The van der Waals surface area contributed by atoms with Crippen molar-refractivity contribution in [2.75, 3.05) is 7.11 Å². The smallest absolute Gasteiger partial charge is 0.126 e. The van der Waals surface area contributed by atoms with Gasteiger partial charge in [-0.15, -0.1) is 0 Å².